The van der Waals surface area contributed by atoms with Crippen LogP contribution in [0.5, 0.6) is 0 Å². The molecule has 0 aliphatic heterocycles. The van der Waals surface area contributed by atoms with Crippen LogP contribution in [-0.2, 0) is 16.3 Å². The van der Waals surface area contributed by atoms with E-state index in [0.29, 0.717) is 11.0 Å². The number of aryl methyl sites for hydroxylation is 2. The van der Waals surface area contributed by atoms with Crippen LogP contribution in [0.15, 0.2) is 18.2 Å². The summed E-state index contributed by atoms with van der Waals surface area (Å²) in [6, 6.07) is 6.16. The number of quaternary nitrogens is 1. The lowest BCUT2D eigenvalue weighted by Crippen LogP contribution is -2.39. The van der Waals surface area contributed by atoms with Crippen molar-refractivity contribution in [3.8, 4) is 0 Å². The molecule has 0 fully saturated rings. The van der Waals surface area contributed by atoms with Gasteiger partial charge in [-0.2, -0.15) is 0 Å². The second-order valence-corrected chi connectivity index (χ2v) is 10.9. The van der Waals surface area contributed by atoms with Crippen LogP contribution in [-0.4, -0.2) is 32.2 Å². The van der Waals surface area contributed by atoms with Crippen LogP contribution in [0.4, 0.5) is 0 Å². The zero-order chi connectivity index (χ0) is 14.8. The third-order valence-corrected chi connectivity index (χ3v) is 3.82. The van der Waals surface area contributed by atoms with Gasteiger partial charge in [0.2, 0.25) is 0 Å². The summed E-state index contributed by atoms with van der Waals surface area (Å²) in [6.07, 6.45) is -0.305. The first-order valence-electron chi connectivity index (χ1n) is 6.08. The van der Waals surface area contributed by atoms with E-state index < -0.39 is 5.69 Å². The van der Waals surface area contributed by atoms with E-state index >= 15 is 0 Å². The van der Waals surface area contributed by atoms with Crippen LogP contribution in [0.25, 0.3) is 0 Å². The summed E-state index contributed by atoms with van der Waals surface area (Å²) in [7, 11) is 6.19. The van der Waals surface area contributed by atoms with E-state index in [2.05, 4.69) is 45.5 Å². The number of hydrogen-bond donors (Lipinski definition) is 1. The summed E-state index contributed by atoms with van der Waals surface area (Å²) >= 11 is 8.71. The highest BCUT2D eigenvalue weighted by Crippen LogP contribution is 2.48. The highest BCUT2D eigenvalue weighted by molar-refractivity contribution is 8.59. The largest absolute Gasteiger partial charge is 0.793 e. The topological polar surface area (TPSA) is 32.3 Å². The molecule has 0 aliphatic carbocycles. The van der Waals surface area contributed by atoms with Crippen molar-refractivity contribution < 1.29 is 13.9 Å². The smallest absolute Gasteiger partial charge is 0.136 e. The molecule has 1 rings (SSSR count). The Bertz CT molecular complexity index is 494. The lowest BCUT2D eigenvalue weighted by atomic mass is 10.0. The van der Waals surface area contributed by atoms with E-state index in [9.17, 15) is 4.89 Å². The molecule has 6 heteroatoms. The number of benzene rings is 1. The molecule has 0 bridgehead atoms. The Balaban J connectivity index is 3.15. The van der Waals surface area contributed by atoms with E-state index in [-0.39, 0.29) is 6.10 Å². The van der Waals surface area contributed by atoms with E-state index in [1.807, 2.05) is 19.9 Å². The Morgan fingerprint density at radius 3 is 2.42 bits per heavy atom. The predicted molar refractivity (Wildman–Crippen MR) is 85.9 cm³/mol. The number of likely N-dealkylation sites (N-methyl/N-ethyl adjacent to an activating group) is 1. The van der Waals surface area contributed by atoms with Crippen LogP contribution in [0.2, 0.25) is 0 Å². The molecule has 19 heavy (non-hydrogen) atoms. The summed E-state index contributed by atoms with van der Waals surface area (Å²) in [5, 5.41) is 0. The van der Waals surface area contributed by atoms with Crippen molar-refractivity contribution in [2.24, 2.45) is 0 Å². The van der Waals surface area contributed by atoms with Gasteiger partial charge in [0, 0.05) is 5.69 Å². The van der Waals surface area contributed by atoms with Gasteiger partial charge >= 0.3 is 0 Å². The Labute approximate surface area is 126 Å². The van der Waals surface area contributed by atoms with Gasteiger partial charge in [-0.25, -0.2) is 0 Å². The standard InChI is InChI=1S/C13H22NO2PS2/c1-10-6-7-11(2)12(8-10)13(9-14(3,4)5)16-17(15,18)19/h6-8,13H,9H2,1-5H3,(H-,15,18,19). The molecule has 0 N–H and O–H groups in total. The van der Waals surface area contributed by atoms with Crippen LogP contribution >= 0.6 is 17.9 Å². The predicted octanol–water partition coefficient (Wildman–Crippen LogP) is 2.58. The quantitative estimate of drug-likeness (QED) is 0.514. The van der Waals surface area contributed by atoms with Crippen LogP contribution in [0.1, 0.15) is 22.8 Å². The third-order valence-electron chi connectivity index (χ3n) is 2.76. The molecule has 0 saturated carbocycles. The van der Waals surface area contributed by atoms with Gasteiger partial charge in [-0.3, -0.25) is 0 Å². The monoisotopic (exact) mass is 319 g/mol. The first-order chi connectivity index (χ1) is 8.48. The highest BCUT2D eigenvalue weighted by atomic mass is 32.9. The maximum atomic E-state index is 11.7. The molecule has 1 aromatic rings. The molecule has 2 atom stereocenters. The van der Waals surface area contributed by atoms with Crippen molar-refractivity contribution in [1.82, 2.24) is 0 Å². The Kier molecular flexibility index (Phi) is 5.64. The lowest BCUT2D eigenvalue weighted by Gasteiger charge is -2.34. The first-order valence-corrected chi connectivity index (χ1v) is 9.87. The molecule has 2 unspecified atom stereocenters. The molecule has 0 spiro atoms. The molecule has 1 aromatic carbocycles. The minimum Gasteiger partial charge on any atom is -0.793 e. The summed E-state index contributed by atoms with van der Waals surface area (Å²) in [4.78, 5) is 11.7. The number of nitrogens with zero attached hydrogens (tertiary/aromatic N) is 1. The van der Waals surface area contributed by atoms with Crippen molar-refractivity contribution in [2.45, 2.75) is 20.0 Å². The SMILES string of the molecule is Cc1ccc(C)c(C(C[N+](C)(C)C)OP([O-])(=S)S)c1. The molecule has 0 amide bonds. The number of hydrogen-bond acceptors (Lipinski definition) is 3. The summed E-state index contributed by atoms with van der Waals surface area (Å²) in [5.74, 6) is 0. The fourth-order valence-corrected chi connectivity index (χ4v) is 3.11. The zero-order valence-corrected chi connectivity index (χ0v) is 14.7. The third kappa shape index (κ3) is 6.39. The second kappa shape index (κ2) is 6.25. The molecule has 3 nitrogen and oxygen atoms in total. The fourth-order valence-electron chi connectivity index (χ4n) is 1.95. The van der Waals surface area contributed by atoms with Crippen LogP contribution in [0, 0.1) is 13.8 Å². The van der Waals surface area contributed by atoms with Gasteiger partial charge in [-0.15, -0.1) is 12.2 Å². The Morgan fingerprint density at radius 2 is 1.95 bits per heavy atom. The van der Waals surface area contributed by atoms with E-state index in [1.54, 1.807) is 0 Å². The van der Waals surface area contributed by atoms with Gasteiger partial charge in [0.05, 0.1) is 21.1 Å². The minimum atomic E-state index is -3.24. The van der Waals surface area contributed by atoms with Gasteiger partial charge < -0.3 is 13.9 Å². The van der Waals surface area contributed by atoms with Crippen molar-refractivity contribution >= 4 is 29.7 Å². The summed E-state index contributed by atoms with van der Waals surface area (Å²) in [6.45, 7) is 4.74. The molecule has 108 valence electrons. The zero-order valence-electron chi connectivity index (χ0n) is 12.1. The van der Waals surface area contributed by atoms with Crippen molar-refractivity contribution in [3.05, 3.63) is 34.9 Å². The van der Waals surface area contributed by atoms with Gasteiger partial charge in [-0.05, 0) is 25.0 Å². The van der Waals surface area contributed by atoms with Gasteiger partial charge in [0.1, 0.15) is 12.6 Å². The molecule has 0 saturated heterocycles. The highest BCUT2D eigenvalue weighted by Gasteiger charge is 2.24. The minimum absolute atomic E-state index is 0.305. The van der Waals surface area contributed by atoms with E-state index in [1.165, 1.54) is 0 Å². The molecular formula is C13H22NO2PS2. The number of rotatable bonds is 5. The van der Waals surface area contributed by atoms with E-state index in [4.69, 9.17) is 16.3 Å². The fraction of sp³-hybridized carbons (Fsp3) is 0.538. The van der Waals surface area contributed by atoms with Gasteiger partial charge in [0.15, 0.2) is 0 Å². The molecule has 0 heterocycles. The van der Waals surface area contributed by atoms with Crippen molar-refractivity contribution in [3.63, 3.8) is 0 Å². The van der Waals surface area contributed by atoms with Crippen LogP contribution in [0.3, 0.4) is 0 Å². The summed E-state index contributed by atoms with van der Waals surface area (Å²) in [5.41, 5.74) is 0.0530. The normalized spacial score (nSPS) is 17.0. The Hall–Kier alpha value is 0.1000. The maximum Gasteiger partial charge on any atom is 0.136 e. The average Bonchev–Trinajstić information content (AvgIpc) is 2.16. The maximum absolute atomic E-state index is 11.7. The van der Waals surface area contributed by atoms with Gasteiger partial charge in [-0.1, -0.05) is 35.6 Å². The lowest BCUT2D eigenvalue weighted by molar-refractivity contribution is -0.874. The molecule has 0 radical (unpaired) electrons. The average molecular weight is 319 g/mol. The van der Waals surface area contributed by atoms with Crippen LogP contribution < -0.4 is 4.89 Å². The second-order valence-electron chi connectivity index (χ2n) is 5.90. The van der Waals surface area contributed by atoms with Crippen molar-refractivity contribution in [1.29, 1.82) is 0 Å². The summed E-state index contributed by atoms with van der Waals surface area (Å²) < 4.78 is 6.25. The van der Waals surface area contributed by atoms with E-state index in [0.717, 1.165) is 16.7 Å². The number of thiol groups is 1. The van der Waals surface area contributed by atoms with Gasteiger partial charge in [0.25, 0.3) is 0 Å². The molecule has 0 aliphatic rings. The van der Waals surface area contributed by atoms with Crippen molar-refractivity contribution in [2.75, 3.05) is 27.7 Å². The first kappa shape index (κ1) is 17.2. The molecule has 0 aromatic heterocycles. The molecular weight excluding hydrogens is 297 g/mol. The Morgan fingerprint density at radius 1 is 1.37 bits per heavy atom.